The second-order valence-corrected chi connectivity index (χ2v) is 15.1. The first kappa shape index (κ1) is 42.0. The fourth-order valence-electron chi connectivity index (χ4n) is 7.50. The highest BCUT2D eigenvalue weighted by molar-refractivity contribution is 4.95. The molecule has 0 radical (unpaired) electrons. The highest BCUT2D eigenvalue weighted by Crippen LogP contribution is 2.45. The molecule has 2 atom stereocenters. The third kappa shape index (κ3) is 21.5. The predicted molar refractivity (Wildman–Crippen MR) is 207 cm³/mol. The standard InChI is InChI=1S/C44H79NO2/c1-5-7-9-11-13-15-17-19-21-23-25-27-29-31-33-35-37-44(46-42-38-41(40-45(3)4)39-43(42)47-44)36-34-32-30-28-26-24-22-20-18-16-14-12-10-8-6-2/h13-16,19-22,41-43H,5-12,17-18,23-40H2,1-4H3/b15-13-,16-14-,21-19-,22-20+. The van der Waals surface area contributed by atoms with E-state index in [1.807, 2.05) is 0 Å². The van der Waals surface area contributed by atoms with Gasteiger partial charge in [0.1, 0.15) is 0 Å². The van der Waals surface area contributed by atoms with Crippen LogP contribution in [0.1, 0.15) is 187 Å². The number of allylic oxidation sites excluding steroid dienone is 8. The third-order valence-corrected chi connectivity index (χ3v) is 10.2. The lowest BCUT2D eigenvalue weighted by molar-refractivity contribution is -0.193. The van der Waals surface area contributed by atoms with Crippen LogP contribution in [-0.4, -0.2) is 43.5 Å². The van der Waals surface area contributed by atoms with Crippen molar-refractivity contribution in [3.05, 3.63) is 48.6 Å². The number of rotatable bonds is 31. The first-order valence-corrected chi connectivity index (χ1v) is 20.7. The SMILES string of the molecule is CCCCC/C=C\C/C=C\CCCCCCCCC1(CCCCCCC/C=C/C/C=C\CCCCC)OC2CC(CN(C)C)CC2O1. The van der Waals surface area contributed by atoms with Gasteiger partial charge in [-0.05, 0) is 110 Å². The molecule has 2 fully saturated rings. The zero-order chi connectivity index (χ0) is 33.7. The Kier molecular flexibility index (Phi) is 25.6. The molecule has 0 bridgehead atoms. The molecule has 272 valence electrons. The molecule has 2 aliphatic rings. The van der Waals surface area contributed by atoms with Crippen molar-refractivity contribution in [2.75, 3.05) is 20.6 Å². The normalized spacial score (nSPS) is 23.2. The van der Waals surface area contributed by atoms with E-state index >= 15 is 0 Å². The lowest BCUT2D eigenvalue weighted by Crippen LogP contribution is -2.33. The van der Waals surface area contributed by atoms with Gasteiger partial charge in [0.25, 0.3) is 0 Å². The summed E-state index contributed by atoms with van der Waals surface area (Å²) < 4.78 is 13.7. The van der Waals surface area contributed by atoms with Gasteiger partial charge in [0, 0.05) is 19.4 Å². The molecule has 47 heavy (non-hydrogen) atoms. The van der Waals surface area contributed by atoms with Crippen LogP contribution >= 0.6 is 0 Å². The van der Waals surface area contributed by atoms with E-state index in [9.17, 15) is 0 Å². The fourth-order valence-corrected chi connectivity index (χ4v) is 7.50. The van der Waals surface area contributed by atoms with Gasteiger partial charge in [-0.25, -0.2) is 0 Å². The van der Waals surface area contributed by atoms with Crippen LogP contribution in [0.2, 0.25) is 0 Å². The summed E-state index contributed by atoms with van der Waals surface area (Å²) in [5.41, 5.74) is 0. The van der Waals surface area contributed by atoms with E-state index in [1.165, 1.54) is 148 Å². The fraction of sp³-hybridized carbons (Fsp3) is 0.818. The van der Waals surface area contributed by atoms with Gasteiger partial charge >= 0.3 is 0 Å². The predicted octanol–water partition coefficient (Wildman–Crippen LogP) is 13.5. The Bertz CT molecular complexity index is 813. The largest absolute Gasteiger partial charge is 0.344 e. The summed E-state index contributed by atoms with van der Waals surface area (Å²) in [5, 5.41) is 0. The van der Waals surface area contributed by atoms with Crippen LogP contribution in [0.25, 0.3) is 0 Å². The van der Waals surface area contributed by atoms with Crippen LogP contribution in [0.3, 0.4) is 0 Å². The zero-order valence-corrected chi connectivity index (χ0v) is 31.9. The van der Waals surface area contributed by atoms with E-state index in [4.69, 9.17) is 9.47 Å². The molecule has 1 aliphatic heterocycles. The van der Waals surface area contributed by atoms with Gasteiger partial charge in [0.15, 0.2) is 5.79 Å². The Hall–Kier alpha value is -1.16. The molecule has 1 saturated carbocycles. The summed E-state index contributed by atoms with van der Waals surface area (Å²) in [6.45, 7) is 5.70. The van der Waals surface area contributed by atoms with Gasteiger partial charge in [0.05, 0.1) is 12.2 Å². The van der Waals surface area contributed by atoms with Crippen LogP contribution in [0.15, 0.2) is 48.6 Å². The van der Waals surface area contributed by atoms with Crippen molar-refractivity contribution in [2.24, 2.45) is 5.92 Å². The van der Waals surface area contributed by atoms with Gasteiger partial charge in [-0.2, -0.15) is 0 Å². The molecule has 2 rings (SSSR count). The molecule has 1 heterocycles. The highest BCUT2D eigenvalue weighted by Gasteiger charge is 2.50. The molecule has 3 heteroatoms. The van der Waals surface area contributed by atoms with Gasteiger partial charge in [-0.15, -0.1) is 0 Å². The minimum Gasteiger partial charge on any atom is -0.344 e. The summed E-state index contributed by atoms with van der Waals surface area (Å²) in [7, 11) is 4.38. The van der Waals surface area contributed by atoms with Crippen molar-refractivity contribution in [2.45, 2.75) is 205 Å². The first-order valence-electron chi connectivity index (χ1n) is 20.7. The molecule has 0 aromatic heterocycles. The summed E-state index contributed by atoms with van der Waals surface area (Å²) in [4.78, 5) is 2.32. The lowest BCUT2D eigenvalue weighted by Gasteiger charge is -2.30. The van der Waals surface area contributed by atoms with Crippen LogP contribution in [0, 0.1) is 5.92 Å². The zero-order valence-electron chi connectivity index (χ0n) is 31.9. The quantitative estimate of drug-likeness (QED) is 0.0549. The summed E-state index contributed by atoms with van der Waals surface area (Å²) >= 11 is 0. The molecule has 0 aromatic carbocycles. The monoisotopic (exact) mass is 654 g/mol. The van der Waals surface area contributed by atoms with E-state index in [2.05, 4.69) is 81.5 Å². The number of ether oxygens (including phenoxy) is 2. The Morgan fingerprint density at radius 2 is 0.851 bits per heavy atom. The molecular formula is C44H79NO2. The van der Waals surface area contributed by atoms with E-state index in [0.717, 1.165) is 38.1 Å². The summed E-state index contributed by atoms with van der Waals surface area (Å²) in [5.74, 6) is 0.413. The maximum Gasteiger partial charge on any atom is 0.169 e. The molecule has 2 unspecified atom stereocenters. The first-order chi connectivity index (χ1) is 23.1. The molecular weight excluding hydrogens is 574 g/mol. The minimum atomic E-state index is -0.305. The Balaban J connectivity index is 1.58. The average molecular weight is 654 g/mol. The second kappa shape index (κ2) is 28.7. The van der Waals surface area contributed by atoms with Crippen molar-refractivity contribution in [3.8, 4) is 0 Å². The van der Waals surface area contributed by atoms with Crippen molar-refractivity contribution in [1.29, 1.82) is 0 Å². The second-order valence-electron chi connectivity index (χ2n) is 15.1. The van der Waals surface area contributed by atoms with Crippen LogP contribution in [-0.2, 0) is 9.47 Å². The topological polar surface area (TPSA) is 21.7 Å². The number of hydrogen-bond acceptors (Lipinski definition) is 3. The van der Waals surface area contributed by atoms with Crippen LogP contribution in [0.5, 0.6) is 0 Å². The summed E-state index contributed by atoms with van der Waals surface area (Å²) in [6, 6.07) is 0. The van der Waals surface area contributed by atoms with Gasteiger partial charge in [0.2, 0.25) is 0 Å². The number of fused-ring (bicyclic) bond motifs is 1. The maximum absolute atomic E-state index is 6.86. The number of nitrogens with zero attached hydrogens (tertiary/aromatic N) is 1. The number of hydrogen-bond donors (Lipinski definition) is 0. The van der Waals surface area contributed by atoms with E-state index in [-0.39, 0.29) is 5.79 Å². The van der Waals surface area contributed by atoms with Crippen LogP contribution in [0.4, 0.5) is 0 Å². The molecule has 3 nitrogen and oxygen atoms in total. The molecule has 0 N–H and O–H groups in total. The van der Waals surface area contributed by atoms with E-state index in [0.29, 0.717) is 12.2 Å². The Morgan fingerprint density at radius 1 is 0.489 bits per heavy atom. The van der Waals surface area contributed by atoms with Gasteiger partial charge in [-0.1, -0.05) is 133 Å². The minimum absolute atomic E-state index is 0.305. The average Bonchev–Trinajstić information content (AvgIpc) is 3.57. The smallest absolute Gasteiger partial charge is 0.169 e. The van der Waals surface area contributed by atoms with E-state index in [1.54, 1.807) is 0 Å². The Morgan fingerprint density at radius 3 is 1.23 bits per heavy atom. The van der Waals surface area contributed by atoms with E-state index < -0.39 is 0 Å². The molecule has 0 aromatic rings. The lowest BCUT2D eigenvalue weighted by atomic mass is 9.98. The Labute approximate surface area is 294 Å². The van der Waals surface area contributed by atoms with Crippen molar-refractivity contribution >= 4 is 0 Å². The summed E-state index contributed by atoms with van der Waals surface area (Å²) in [6.07, 6.45) is 53.7. The van der Waals surface area contributed by atoms with Crippen LogP contribution < -0.4 is 0 Å². The third-order valence-electron chi connectivity index (χ3n) is 10.2. The molecule has 0 spiro atoms. The highest BCUT2D eigenvalue weighted by atomic mass is 16.8. The van der Waals surface area contributed by atoms with Crippen molar-refractivity contribution in [3.63, 3.8) is 0 Å². The maximum atomic E-state index is 6.86. The van der Waals surface area contributed by atoms with Gasteiger partial charge < -0.3 is 14.4 Å². The van der Waals surface area contributed by atoms with Crippen molar-refractivity contribution in [1.82, 2.24) is 4.90 Å². The van der Waals surface area contributed by atoms with Gasteiger partial charge in [-0.3, -0.25) is 0 Å². The molecule has 1 aliphatic carbocycles. The molecule has 0 amide bonds. The molecule has 1 saturated heterocycles. The number of unbranched alkanes of at least 4 members (excludes halogenated alkanes) is 17. The van der Waals surface area contributed by atoms with Crippen molar-refractivity contribution < 1.29 is 9.47 Å².